The van der Waals surface area contributed by atoms with Crippen molar-refractivity contribution in [2.24, 2.45) is 4.99 Å². The van der Waals surface area contributed by atoms with Crippen molar-refractivity contribution in [2.75, 3.05) is 44.9 Å². The normalized spacial score (nSPS) is 16.8. The van der Waals surface area contributed by atoms with Crippen LogP contribution in [0.5, 0.6) is 0 Å². The fourth-order valence-electron chi connectivity index (χ4n) is 3.02. The second-order valence-electron chi connectivity index (χ2n) is 6.54. The number of guanidine groups is 1. The first-order valence-corrected chi connectivity index (χ1v) is 10.2. The second kappa shape index (κ2) is 9.82. The first kappa shape index (κ1) is 19.0. The molecule has 0 radical (unpaired) electrons. The lowest BCUT2D eigenvalue weighted by molar-refractivity contribution is 0.477. The number of thioether (sulfide) groups is 1. The Morgan fingerprint density at radius 2 is 1.92 bits per heavy atom. The third kappa shape index (κ3) is 5.62. The van der Waals surface area contributed by atoms with Crippen LogP contribution in [0.3, 0.4) is 0 Å². The molecule has 1 aliphatic heterocycles. The first-order chi connectivity index (χ1) is 11.6. The number of nitrogens with one attached hydrogen (secondary N) is 1. The van der Waals surface area contributed by atoms with Crippen LogP contribution in [0.25, 0.3) is 0 Å². The van der Waals surface area contributed by atoms with E-state index in [4.69, 9.17) is 0 Å². The largest absolute Gasteiger partial charge is 0.372 e. The Hall–Kier alpha value is -1.36. The second-order valence-corrected chi connectivity index (χ2v) is 7.82. The Labute approximate surface area is 151 Å². The number of hydrogen-bond donors (Lipinski definition) is 1. The summed E-state index contributed by atoms with van der Waals surface area (Å²) >= 11 is 1.87. The molecule has 1 N–H and O–H groups in total. The van der Waals surface area contributed by atoms with Gasteiger partial charge in [0.05, 0.1) is 0 Å². The SMILES string of the molecule is CN=C(NCC(C)SC)N(C)Cc1ccc(N2CCCCC2)cc1. The molecule has 1 aromatic rings. The third-order valence-electron chi connectivity index (χ3n) is 4.60. The number of piperidine rings is 1. The van der Waals surface area contributed by atoms with Crippen LogP contribution in [0.4, 0.5) is 5.69 Å². The molecule has 1 atom stereocenters. The van der Waals surface area contributed by atoms with Gasteiger partial charge in [-0.2, -0.15) is 11.8 Å². The zero-order chi connectivity index (χ0) is 17.4. The molecule has 1 fully saturated rings. The average Bonchev–Trinajstić information content (AvgIpc) is 2.63. The molecular formula is C19H32N4S. The lowest BCUT2D eigenvalue weighted by atomic mass is 10.1. The molecule has 5 heteroatoms. The molecule has 134 valence electrons. The quantitative estimate of drug-likeness (QED) is 0.630. The molecule has 1 unspecified atom stereocenters. The van der Waals surface area contributed by atoms with E-state index in [9.17, 15) is 0 Å². The summed E-state index contributed by atoms with van der Waals surface area (Å²) in [5, 5.41) is 4.03. The van der Waals surface area contributed by atoms with Crippen molar-refractivity contribution in [3.63, 3.8) is 0 Å². The fraction of sp³-hybridized carbons (Fsp3) is 0.632. The van der Waals surface area contributed by atoms with Gasteiger partial charge in [0.1, 0.15) is 0 Å². The zero-order valence-electron chi connectivity index (χ0n) is 15.6. The molecule has 0 aromatic heterocycles. The minimum atomic E-state index is 0.582. The molecule has 2 rings (SSSR count). The summed E-state index contributed by atoms with van der Waals surface area (Å²) in [6.45, 7) is 6.43. The van der Waals surface area contributed by atoms with E-state index in [1.54, 1.807) is 0 Å². The summed E-state index contributed by atoms with van der Waals surface area (Å²) in [5.41, 5.74) is 2.68. The van der Waals surface area contributed by atoms with Crippen LogP contribution >= 0.6 is 11.8 Å². The number of rotatable bonds is 6. The van der Waals surface area contributed by atoms with Crippen molar-refractivity contribution in [2.45, 2.75) is 38.0 Å². The lowest BCUT2D eigenvalue weighted by Crippen LogP contribution is -2.40. The number of benzene rings is 1. The first-order valence-electron chi connectivity index (χ1n) is 8.92. The Balaban J connectivity index is 1.89. The maximum absolute atomic E-state index is 4.40. The molecule has 1 saturated heterocycles. The van der Waals surface area contributed by atoms with Crippen LogP contribution in [0.1, 0.15) is 31.7 Å². The van der Waals surface area contributed by atoms with Crippen LogP contribution in [-0.4, -0.2) is 56.1 Å². The van der Waals surface area contributed by atoms with E-state index in [0.29, 0.717) is 5.25 Å². The highest BCUT2D eigenvalue weighted by atomic mass is 32.2. The molecule has 0 aliphatic carbocycles. The van der Waals surface area contributed by atoms with Crippen LogP contribution in [0, 0.1) is 0 Å². The van der Waals surface area contributed by atoms with Gasteiger partial charge in [0, 0.05) is 51.2 Å². The van der Waals surface area contributed by atoms with E-state index >= 15 is 0 Å². The van der Waals surface area contributed by atoms with Crippen LogP contribution in [-0.2, 0) is 6.54 Å². The molecule has 0 spiro atoms. The Kier molecular flexibility index (Phi) is 7.76. The molecule has 1 aliphatic rings. The van der Waals surface area contributed by atoms with Gasteiger partial charge < -0.3 is 15.1 Å². The molecule has 0 saturated carbocycles. The maximum atomic E-state index is 4.40. The summed E-state index contributed by atoms with van der Waals surface area (Å²) in [5.74, 6) is 0.955. The summed E-state index contributed by atoms with van der Waals surface area (Å²) in [7, 11) is 3.94. The van der Waals surface area contributed by atoms with E-state index in [0.717, 1.165) is 19.0 Å². The maximum Gasteiger partial charge on any atom is 0.193 e. The summed E-state index contributed by atoms with van der Waals surface area (Å²) < 4.78 is 0. The van der Waals surface area contributed by atoms with Crippen LogP contribution in [0.15, 0.2) is 29.3 Å². The van der Waals surface area contributed by atoms with E-state index < -0.39 is 0 Å². The highest BCUT2D eigenvalue weighted by molar-refractivity contribution is 7.99. The monoisotopic (exact) mass is 348 g/mol. The number of hydrogen-bond acceptors (Lipinski definition) is 3. The van der Waals surface area contributed by atoms with Crippen molar-refractivity contribution in [1.82, 2.24) is 10.2 Å². The van der Waals surface area contributed by atoms with Gasteiger partial charge in [-0.15, -0.1) is 0 Å². The minimum absolute atomic E-state index is 0.582. The van der Waals surface area contributed by atoms with Gasteiger partial charge in [-0.1, -0.05) is 19.1 Å². The number of nitrogens with zero attached hydrogens (tertiary/aromatic N) is 3. The van der Waals surface area contributed by atoms with Gasteiger partial charge in [0.25, 0.3) is 0 Å². The Bertz CT molecular complexity index is 509. The van der Waals surface area contributed by atoms with Crippen LogP contribution in [0.2, 0.25) is 0 Å². The van der Waals surface area contributed by atoms with Gasteiger partial charge in [-0.3, -0.25) is 4.99 Å². The fourth-order valence-corrected chi connectivity index (χ4v) is 3.27. The highest BCUT2D eigenvalue weighted by Gasteiger charge is 2.12. The zero-order valence-corrected chi connectivity index (χ0v) is 16.4. The lowest BCUT2D eigenvalue weighted by Gasteiger charge is -2.29. The van der Waals surface area contributed by atoms with Gasteiger partial charge in [0.2, 0.25) is 0 Å². The Morgan fingerprint density at radius 1 is 1.25 bits per heavy atom. The van der Waals surface area contributed by atoms with E-state index in [1.165, 1.54) is 43.6 Å². The molecule has 0 amide bonds. The Morgan fingerprint density at radius 3 is 2.50 bits per heavy atom. The number of anilines is 1. The van der Waals surface area contributed by atoms with E-state index in [1.807, 2.05) is 18.8 Å². The van der Waals surface area contributed by atoms with Gasteiger partial charge in [-0.05, 0) is 43.2 Å². The molecular weight excluding hydrogens is 316 g/mol. The summed E-state index contributed by atoms with van der Waals surface area (Å²) in [6, 6.07) is 9.03. The van der Waals surface area contributed by atoms with Crippen molar-refractivity contribution in [1.29, 1.82) is 0 Å². The molecule has 1 heterocycles. The van der Waals surface area contributed by atoms with Crippen molar-refractivity contribution < 1.29 is 0 Å². The average molecular weight is 349 g/mol. The summed E-state index contributed by atoms with van der Waals surface area (Å²) in [6.07, 6.45) is 6.16. The van der Waals surface area contributed by atoms with Crippen molar-refractivity contribution in [3.8, 4) is 0 Å². The molecule has 4 nitrogen and oxygen atoms in total. The predicted molar refractivity (Wildman–Crippen MR) is 108 cm³/mol. The van der Waals surface area contributed by atoms with Gasteiger partial charge in [0.15, 0.2) is 5.96 Å². The minimum Gasteiger partial charge on any atom is -0.372 e. The van der Waals surface area contributed by atoms with Crippen LogP contribution < -0.4 is 10.2 Å². The molecule has 0 bridgehead atoms. The van der Waals surface area contributed by atoms with Gasteiger partial charge >= 0.3 is 0 Å². The third-order valence-corrected chi connectivity index (χ3v) is 5.57. The highest BCUT2D eigenvalue weighted by Crippen LogP contribution is 2.20. The molecule has 1 aromatic carbocycles. The predicted octanol–water partition coefficient (Wildman–Crippen LogP) is 3.44. The van der Waals surface area contributed by atoms with Crippen molar-refractivity contribution in [3.05, 3.63) is 29.8 Å². The standard InChI is InChI=1S/C19H32N4S/c1-16(24-4)14-21-19(20-2)22(3)15-17-8-10-18(11-9-17)23-12-6-5-7-13-23/h8-11,16H,5-7,12-15H2,1-4H3,(H,20,21). The topological polar surface area (TPSA) is 30.9 Å². The smallest absolute Gasteiger partial charge is 0.193 e. The number of aliphatic imine (C=N–C) groups is 1. The summed E-state index contributed by atoms with van der Waals surface area (Å²) in [4.78, 5) is 9.08. The van der Waals surface area contributed by atoms with Gasteiger partial charge in [-0.25, -0.2) is 0 Å². The molecule has 24 heavy (non-hydrogen) atoms. The van der Waals surface area contributed by atoms with Crippen molar-refractivity contribution >= 4 is 23.4 Å². The van der Waals surface area contributed by atoms with E-state index in [2.05, 4.69) is 64.6 Å². The van der Waals surface area contributed by atoms with E-state index in [-0.39, 0.29) is 0 Å².